The normalized spacial score (nSPS) is 28.2. The van der Waals surface area contributed by atoms with E-state index in [1.54, 1.807) is 0 Å². The summed E-state index contributed by atoms with van der Waals surface area (Å²) in [5.74, 6) is 0. The minimum atomic E-state index is 0.703. The average Bonchev–Trinajstić information content (AvgIpc) is 1.78. The molecule has 0 radical (unpaired) electrons. The second-order valence-corrected chi connectivity index (χ2v) is 5.50. The van der Waals surface area contributed by atoms with Crippen molar-refractivity contribution in [2.45, 2.75) is 39.8 Å². The lowest BCUT2D eigenvalue weighted by Crippen LogP contribution is -2.73. The molecule has 0 aliphatic carbocycles. The first-order valence-electron chi connectivity index (χ1n) is 5.50. The van der Waals surface area contributed by atoms with Gasteiger partial charge in [0.25, 0.3) is 0 Å². The van der Waals surface area contributed by atoms with Crippen LogP contribution in [0.4, 0.5) is 0 Å². The standard InChI is InChI=1S/C11H22N2/c1-9(2)12-5-11(6-12)7-13(8-11)10(3)4/h9-10H,5-8H2,1-4H3. The van der Waals surface area contributed by atoms with E-state index in [1.165, 1.54) is 26.2 Å². The van der Waals surface area contributed by atoms with Crippen LogP contribution in [0.1, 0.15) is 27.7 Å². The van der Waals surface area contributed by atoms with Crippen LogP contribution in [-0.4, -0.2) is 48.1 Å². The Balaban J connectivity index is 1.76. The Morgan fingerprint density at radius 1 is 0.769 bits per heavy atom. The van der Waals surface area contributed by atoms with Gasteiger partial charge < -0.3 is 0 Å². The zero-order valence-electron chi connectivity index (χ0n) is 9.38. The Hall–Kier alpha value is -0.0800. The number of hydrogen-bond acceptors (Lipinski definition) is 2. The second kappa shape index (κ2) is 2.96. The van der Waals surface area contributed by atoms with Gasteiger partial charge in [0.1, 0.15) is 0 Å². The van der Waals surface area contributed by atoms with Crippen LogP contribution in [0, 0.1) is 5.41 Å². The lowest BCUT2D eigenvalue weighted by Gasteiger charge is -2.62. The van der Waals surface area contributed by atoms with Gasteiger partial charge in [-0.3, -0.25) is 9.80 Å². The molecule has 0 aromatic heterocycles. The molecule has 2 aliphatic rings. The van der Waals surface area contributed by atoms with E-state index in [0.717, 1.165) is 12.1 Å². The molecule has 1 spiro atoms. The third kappa shape index (κ3) is 1.50. The molecular weight excluding hydrogens is 160 g/mol. The first-order chi connectivity index (χ1) is 6.02. The maximum atomic E-state index is 2.58. The summed E-state index contributed by atoms with van der Waals surface area (Å²) in [7, 11) is 0. The summed E-state index contributed by atoms with van der Waals surface area (Å²) in [6.45, 7) is 14.6. The van der Waals surface area contributed by atoms with Crippen LogP contribution in [0.3, 0.4) is 0 Å². The van der Waals surface area contributed by atoms with Crippen molar-refractivity contribution in [2.75, 3.05) is 26.2 Å². The highest BCUT2D eigenvalue weighted by Crippen LogP contribution is 2.41. The Morgan fingerprint density at radius 2 is 1.08 bits per heavy atom. The summed E-state index contributed by atoms with van der Waals surface area (Å²) >= 11 is 0. The molecule has 0 aromatic rings. The maximum absolute atomic E-state index is 2.58. The summed E-state index contributed by atoms with van der Waals surface area (Å²) < 4.78 is 0. The van der Waals surface area contributed by atoms with Crippen LogP contribution in [0.15, 0.2) is 0 Å². The SMILES string of the molecule is CC(C)N1CC2(C1)CN(C(C)C)C2. The summed E-state index contributed by atoms with van der Waals surface area (Å²) in [4.78, 5) is 5.16. The predicted molar refractivity (Wildman–Crippen MR) is 55.9 cm³/mol. The number of nitrogens with zero attached hydrogens (tertiary/aromatic N) is 2. The van der Waals surface area contributed by atoms with E-state index in [4.69, 9.17) is 0 Å². The van der Waals surface area contributed by atoms with Gasteiger partial charge in [-0.15, -0.1) is 0 Å². The zero-order chi connectivity index (χ0) is 9.64. The number of likely N-dealkylation sites (tertiary alicyclic amines) is 2. The van der Waals surface area contributed by atoms with Crippen LogP contribution >= 0.6 is 0 Å². The lowest BCUT2D eigenvalue weighted by molar-refractivity contribution is -0.135. The van der Waals surface area contributed by atoms with Gasteiger partial charge in [-0.2, -0.15) is 0 Å². The largest absolute Gasteiger partial charge is 0.300 e. The molecule has 0 aromatic carbocycles. The third-order valence-electron chi connectivity index (χ3n) is 3.61. The molecule has 0 bridgehead atoms. The highest BCUT2D eigenvalue weighted by atomic mass is 15.3. The van der Waals surface area contributed by atoms with Crippen molar-refractivity contribution in [3.63, 3.8) is 0 Å². The van der Waals surface area contributed by atoms with E-state index in [9.17, 15) is 0 Å². The molecule has 2 nitrogen and oxygen atoms in total. The molecule has 76 valence electrons. The van der Waals surface area contributed by atoms with Gasteiger partial charge in [-0.05, 0) is 27.7 Å². The van der Waals surface area contributed by atoms with Crippen molar-refractivity contribution in [2.24, 2.45) is 5.41 Å². The molecule has 0 atom stereocenters. The quantitative estimate of drug-likeness (QED) is 0.637. The summed E-state index contributed by atoms with van der Waals surface area (Å²) in [5.41, 5.74) is 0.703. The molecular formula is C11H22N2. The minimum Gasteiger partial charge on any atom is -0.300 e. The van der Waals surface area contributed by atoms with E-state index < -0.39 is 0 Å². The molecule has 13 heavy (non-hydrogen) atoms. The van der Waals surface area contributed by atoms with Crippen molar-refractivity contribution in [1.82, 2.24) is 9.80 Å². The van der Waals surface area contributed by atoms with Crippen LogP contribution in [-0.2, 0) is 0 Å². The van der Waals surface area contributed by atoms with Crippen LogP contribution in [0.25, 0.3) is 0 Å². The van der Waals surface area contributed by atoms with E-state index in [0.29, 0.717) is 5.41 Å². The Kier molecular flexibility index (Phi) is 2.16. The highest BCUT2D eigenvalue weighted by molar-refractivity contribution is 5.06. The van der Waals surface area contributed by atoms with Gasteiger partial charge in [0, 0.05) is 43.7 Å². The fourth-order valence-corrected chi connectivity index (χ4v) is 2.56. The van der Waals surface area contributed by atoms with Crippen molar-refractivity contribution < 1.29 is 0 Å². The molecule has 2 rings (SSSR count). The van der Waals surface area contributed by atoms with Crippen molar-refractivity contribution in [3.05, 3.63) is 0 Å². The maximum Gasteiger partial charge on any atom is 0.0212 e. The molecule has 2 heterocycles. The molecule has 0 saturated carbocycles. The smallest absolute Gasteiger partial charge is 0.0212 e. The second-order valence-electron chi connectivity index (χ2n) is 5.50. The Bertz CT molecular complexity index is 161. The van der Waals surface area contributed by atoms with E-state index >= 15 is 0 Å². The van der Waals surface area contributed by atoms with E-state index in [1.807, 2.05) is 0 Å². The summed E-state index contributed by atoms with van der Waals surface area (Å²) in [6.07, 6.45) is 0. The Labute approximate surface area is 81.9 Å². The average molecular weight is 182 g/mol. The Morgan fingerprint density at radius 3 is 1.31 bits per heavy atom. The third-order valence-corrected chi connectivity index (χ3v) is 3.61. The summed E-state index contributed by atoms with van der Waals surface area (Å²) in [6, 6.07) is 1.50. The van der Waals surface area contributed by atoms with Gasteiger partial charge in [-0.25, -0.2) is 0 Å². The number of hydrogen-bond donors (Lipinski definition) is 0. The monoisotopic (exact) mass is 182 g/mol. The van der Waals surface area contributed by atoms with Crippen LogP contribution < -0.4 is 0 Å². The molecule has 0 unspecified atom stereocenters. The van der Waals surface area contributed by atoms with Crippen molar-refractivity contribution in [1.29, 1.82) is 0 Å². The van der Waals surface area contributed by atoms with Gasteiger partial charge in [0.15, 0.2) is 0 Å². The van der Waals surface area contributed by atoms with Crippen molar-refractivity contribution in [3.8, 4) is 0 Å². The van der Waals surface area contributed by atoms with Gasteiger partial charge in [-0.1, -0.05) is 0 Å². The van der Waals surface area contributed by atoms with E-state index in [-0.39, 0.29) is 0 Å². The minimum absolute atomic E-state index is 0.703. The first kappa shape index (κ1) is 9.47. The highest BCUT2D eigenvalue weighted by Gasteiger charge is 2.52. The zero-order valence-corrected chi connectivity index (χ0v) is 9.38. The van der Waals surface area contributed by atoms with E-state index in [2.05, 4.69) is 37.5 Å². The fraction of sp³-hybridized carbons (Fsp3) is 1.00. The van der Waals surface area contributed by atoms with Gasteiger partial charge in [0.05, 0.1) is 0 Å². The topological polar surface area (TPSA) is 6.48 Å². The molecule has 2 heteroatoms. The van der Waals surface area contributed by atoms with Gasteiger partial charge >= 0.3 is 0 Å². The molecule has 2 saturated heterocycles. The summed E-state index contributed by atoms with van der Waals surface area (Å²) in [5, 5.41) is 0. The lowest BCUT2D eigenvalue weighted by atomic mass is 9.72. The molecule has 0 N–H and O–H groups in total. The van der Waals surface area contributed by atoms with Gasteiger partial charge in [0.2, 0.25) is 0 Å². The molecule has 0 amide bonds. The predicted octanol–water partition coefficient (Wildman–Crippen LogP) is 1.42. The molecule has 2 aliphatic heterocycles. The first-order valence-corrected chi connectivity index (χ1v) is 5.50. The fourth-order valence-electron chi connectivity index (χ4n) is 2.56. The van der Waals surface area contributed by atoms with Crippen LogP contribution in [0.5, 0.6) is 0 Å². The molecule has 2 fully saturated rings. The van der Waals surface area contributed by atoms with Crippen molar-refractivity contribution >= 4 is 0 Å². The number of rotatable bonds is 2. The van der Waals surface area contributed by atoms with Crippen LogP contribution in [0.2, 0.25) is 0 Å².